The first kappa shape index (κ1) is 10.6. The van der Waals surface area contributed by atoms with Crippen LogP contribution in [0.3, 0.4) is 0 Å². The molecule has 1 aromatic rings. The third-order valence-corrected chi connectivity index (χ3v) is 2.12. The van der Waals surface area contributed by atoms with Crippen molar-refractivity contribution >= 4 is 11.6 Å². The maximum Gasteiger partial charge on any atom is 0.248 e. The standard InChI is InChI=1S/C11H16N2O/c1-11(2,3)9-6-7(12)4-5-8(9)10(13)14/h4-6H,12H2,1-3H3,(H2,13,14). The molecule has 0 aliphatic heterocycles. The molecule has 0 spiro atoms. The third-order valence-electron chi connectivity index (χ3n) is 2.12. The van der Waals surface area contributed by atoms with Crippen molar-refractivity contribution in [1.29, 1.82) is 0 Å². The van der Waals surface area contributed by atoms with E-state index in [1.54, 1.807) is 18.2 Å². The van der Waals surface area contributed by atoms with E-state index in [4.69, 9.17) is 11.5 Å². The quantitative estimate of drug-likeness (QED) is 0.664. The SMILES string of the molecule is CC(C)(C)c1cc(N)ccc1C(N)=O. The molecule has 4 N–H and O–H groups in total. The highest BCUT2D eigenvalue weighted by atomic mass is 16.1. The summed E-state index contributed by atoms with van der Waals surface area (Å²) in [5, 5.41) is 0. The van der Waals surface area contributed by atoms with E-state index in [0.717, 1.165) is 5.56 Å². The number of nitrogen functional groups attached to an aromatic ring is 1. The van der Waals surface area contributed by atoms with Gasteiger partial charge in [0.25, 0.3) is 0 Å². The number of hydrogen-bond donors (Lipinski definition) is 2. The molecular formula is C11H16N2O. The summed E-state index contributed by atoms with van der Waals surface area (Å²) in [6, 6.07) is 5.17. The van der Waals surface area contributed by atoms with Crippen molar-refractivity contribution in [2.45, 2.75) is 26.2 Å². The van der Waals surface area contributed by atoms with E-state index in [-0.39, 0.29) is 5.41 Å². The smallest absolute Gasteiger partial charge is 0.248 e. The molecular weight excluding hydrogens is 176 g/mol. The zero-order valence-corrected chi connectivity index (χ0v) is 8.79. The van der Waals surface area contributed by atoms with E-state index < -0.39 is 5.91 Å². The Kier molecular flexibility index (Phi) is 2.51. The number of anilines is 1. The molecule has 0 radical (unpaired) electrons. The number of amides is 1. The van der Waals surface area contributed by atoms with Crippen LogP contribution in [0.25, 0.3) is 0 Å². The minimum atomic E-state index is -0.407. The summed E-state index contributed by atoms with van der Waals surface area (Å²) >= 11 is 0. The van der Waals surface area contributed by atoms with Crippen molar-refractivity contribution in [3.05, 3.63) is 29.3 Å². The molecule has 0 fully saturated rings. The zero-order valence-electron chi connectivity index (χ0n) is 8.79. The van der Waals surface area contributed by atoms with E-state index >= 15 is 0 Å². The number of carbonyl (C=O) groups excluding carboxylic acids is 1. The molecule has 1 rings (SSSR count). The fourth-order valence-corrected chi connectivity index (χ4v) is 1.40. The normalized spacial score (nSPS) is 11.4. The monoisotopic (exact) mass is 192 g/mol. The molecule has 0 aliphatic carbocycles. The Labute approximate surface area is 84.1 Å². The summed E-state index contributed by atoms with van der Waals surface area (Å²) in [7, 11) is 0. The topological polar surface area (TPSA) is 69.1 Å². The van der Waals surface area contributed by atoms with Crippen molar-refractivity contribution in [2.75, 3.05) is 5.73 Å². The van der Waals surface area contributed by atoms with Crippen molar-refractivity contribution in [3.8, 4) is 0 Å². The van der Waals surface area contributed by atoms with Gasteiger partial charge in [-0.2, -0.15) is 0 Å². The molecule has 1 amide bonds. The molecule has 3 heteroatoms. The Morgan fingerprint density at radius 2 is 1.86 bits per heavy atom. The second-order valence-corrected chi connectivity index (χ2v) is 4.42. The lowest BCUT2D eigenvalue weighted by Crippen LogP contribution is -2.21. The van der Waals surface area contributed by atoms with E-state index in [0.29, 0.717) is 11.3 Å². The van der Waals surface area contributed by atoms with Gasteiger partial charge < -0.3 is 11.5 Å². The van der Waals surface area contributed by atoms with Crippen LogP contribution in [0.1, 0.15) is 36.7 Å². The first-order valence-corrected chi connectivity index (χ1v) is 4.52. The van der Waals surface area contributed by atoms with Gasteiger partial charge in [0.1, 0.15) is 0 Å². The molecule has 0 unspecified atom stereocenters. The van der Waals surface area contributed by atoms with Crippen molar-refractivity contribution in [3.63, 3.8) is 0 Å². The molecule has 3 nitrogen and oxygen atoms in total. The van der Waals surface area contributed by atoms with Gasteiger partial charge in [-0.1, -0.05) is 20.8 Å². The maximum absolute atomic E-state index is 11.2. The average Bonchev–Trinajstić information content (AvgIpc) is 2.01. The van der Waals surface area contributed by atoms with Gasteiger partial charge in [-0.05, 0) is 29.2 Å². The molecule has 0 saturated heterocycles. The largest absolute Gasteiger partial charge is 0.399 e. The van der Waals surface area contributed by atoms with Crippen LogP contribution >= 0.6 is 0 Å². The lowest BCUT2D eigenvalue weighted by molar-refractivity contribution is 0.0998. The second-order valence-electron chi connectivity index (χ2n) is 4.42. The maximum atomic E-state index is 11.2. The third kappa shape index (κ3) is 2.05. The average molecular weight is 192 g/mol. The van der Waals surface area contributed by atoms with E-state index in [2.05, 4.69) is 0 Å². The summed E-state index contributed by atoms with van der Waals surface area (Å²) in [4.78, 5) is 11.2. The van der Waals surface area contributed by atoms with Crippen LogP contribution in [0.5, 0.6) is 0 Å². The Morgan fingerprint density at radius 3 is 2.29 bits per heavy atom. The highest BCUT2D eigenvalue weighted by molar-refractivity contribution is 5.95. The van der Waals surface area contributed by atoms with Gasteiger partial charge in [0.05, 0.1) is 0 Å². The Balaban J connectivity index is 3.38. The van der Waals surface area contributed by atoms with Crippen molar-refractivity contribution in [1.82, 2.24) is 0 Å². The molecule has 0 atom stereocenters. The minimum absolute atomic E-state index is 0.125. The van der Waals surface area contributed by atoms with E-state index in [1.807, 2.05) is 20.8 Å². The summed E-state index contributed by atoms with van der Waals surface area (Å²) < 4.78 is 0. The van der Waals surface area contributed by atoms with Crippen LogP contribution in [0.2, 0.25) is 0 Å². The van der Waals surface area contributed by atoms with Gasteiger partial charge in [0, 0.05) is 11.3 Å². The molecule has 76 valence electrons. The number of hydrogen-bond acceptors (Lipinski definition) is 2. The number of benzene rings is 1. The fourth-order valence-electron chi connectivity index (χ4n) is 1.40. The van der Waals surface area contributed by atoms with Crippen LogP contribution in [-0.4, -0.2) is 5.91 Å². The zero-order chi connectivity index (χ0) is 10.9. The number of rotatable bonds is 1. The molecule has 0 bridgehead atoms. The highest BCUT2D eigenvalue weighted by Gasteiger charge is 2.20. The summed E-state index contributed by atoms with van der Waals surface area (Å²) in [5.74, 6) is -0.407. The first-order chi connectivity index (χ1) is 6.32. The molecule has 1 aromatic carbocycles. The molecule has 14 heavy (non-hydrogen) atoms. The predicted molar refractivity (Wildman–Crippen MR) is 58.1 cm³/mol. The van der Waals surface area contributed by atoms with Gasteiger partial charge in [-0.15, -0.1) is 0 Å². The molecule has 0 aromatic heterocycles. The van der Waals surface area contributed by atoms with Gasteiger partial charge in [-0.3, -0.25) is 4.79 Å². The Hall–Kier alpha value is -1.51. The summed E-state index contributed by atoms with van der Waals surface area (Å²) in [6.45, 7) is 6.07. The van der Waals surface area contributed by atoms with E-state index in [1.165, 1.54) is 0 Å². The summed E-state index contributed by atoms with van der Waals surface area (Å²) in [6.07, 6.45) is 0. The second kappa shape index (κ2) is 3.33. The number of nitrogens with two attached hydrogens (primary N) is 2. The number of primary amides is 1. The van der Waals surface area contributed by atoms with E-state index in [9.17, 15) is 4.79 Å². The van der Waals surface area contributed by atoms with Crippen LogP contribution in [0.15, 0.2) is 18.2 Å². The molecule has 0 heterocycles. The van der Waals surface area contributed by atoms with Gasteiger partial charge >= 0.3 is 0 Å². The van der Waals surface area contributed by atoms with Gasteiger partial charge in [0.2, 0.25) is 5.91 Å². The van der Waals surface area contributed by atoms with Gasteiger partial charge in [0.15, 0.2) is 0 Å². The first-order valence-electron chi connectivity index (χ1n) is 4.52. The summed E-state index contributed by atoms with van der Waals surface area (Å²) in [5.41, 5.74) is 12.9. The van der Waals surface area contributed by atoms with Crippen molar-refractivity contribution in [2.24, 2.45) is 5.73 Å². The minimum Gasteiger partial charge on any atom is -0.399 e. The highest BCUT2D eigenvalue weighted by Crippen LogP contribution is 2.27. The van der Waals surface area contributed by atoms with Crippen molar-refractivity contribution < 1.29 is 4.79 Å². The molecule has 0 saturated carbocycles. The predicted octanol–water partition coefficient (Wildman–Crippen LogP) is 1.67. The van der Waals surface area contributed by atoms with Crippen LogP contribution < -0.4 is 11.5 Å². The van der Waals surface area contributed by atoms with Crippen LogP contribution in [-0.2, 0) is 5.41 Å². The van der Waals surface area contributed by atoms with Crippen LogP contribution in [0.4, 0.5) is 5.69 Å². The lowest BCUT2D eigenvalue weighted by Gasteiger charge is -2.22. The Bertz CT molecular complexity index is 364. The molecule has 0 aliphatic rings. The fraction of sp³-hybridized carbons (Fsp3) is 0.364. The number of carbonyl (C=O) groups is 1. The van der Waals surface area contributed by atoms with Gasteiger partial charge in [-0.25, -0.2) is 0 Å². The Morgan fingerprint density at radius 1 is 1.29 bits per heavy atom. The van der Waals surface area contributed by atoms with Crippen LogP contribution in [0, 0.1) is 0 Å². The lowest BCUT2D eigenvalue weighted by atomic mass is 9.83.